The maximum absolute atomic E-state index is 10.1. The van der Waals surface area contributed by atoms with Gasteiger partial charge in [-0.2, -0.15) is 0 Å². The second-order valence-electron chi connectivity index (χ2n) is 3.06. The van der Waals surface area contributed by atoms with Crippen LogP contribution >= 0.6 is 0 Å². The summed E-state index contributed by atoms with van der Waals surface area (Å²) in [5.41, 5.74) is 0. The van der Waals surface area contributed by atoms with Crippen molar-refractivity contribution in [1.82, 2.24) is 0 Å². The zero-order valence-electron chi connectivity index (χ0n) is 9.72. The predicted octanol–water partition coefficient (Wildman–Crippen LogP) is 0.258. The number of aliphatic carboxylic acids is 2. The topological polar surface area (TPSA) is 121 Å². The molecule has 17 heavy (non-hydrogen) atoms. The van der Waals surface area contributed by atoms with E-state index in [0.717, 1.165) is 6.42 Å². The Bertz CT molecular complexity index is 223. The summed E-state index contributed by atoms with van der Waals surface area (Å²) >= 11 is 0. The van der Waals surface area contributed by atoms with E-state index in [0.29, 0.717) is 13.0 Å². The second-order valence-corrected chi connectivity index (χ2v) is 3.06. The zero-order valence-corrected chi connectivity index (χ0v) is 9.72. The first-order chi connectivity index (χ1) is 7.90. The van der Waals surface area contributed by atoms with E-state index in [4.69, 9.17) is 15.3 Å². The number of hydrogen-bond acceptors (Lipinski definition) is 5. The standard InChI is InChI=1S/C6H12O3.C4H6O4/c1-6(8)9-5-3-2-4-7;5-3(6)1-2-4(7)8/h7H,2-5H2,1H3;1-2H2,(H,5,6)(H,7,8). The molecule has 0 aromatic rings. The average Bonchev–Trinajstić information content (AvgIpc) is 2.22. The number of ether oxygens (including phenoxy) is 1. The van der Waals surface area contributed by atoms with Gasteiger partial charge in [-0.1, -0.05) is 0 Å². The number of rotatable bonds is 7. The van der Waals surface area contributed by atoms with Gasteiger partial charge in [-0.05, 0) is 12.8 Å². The molecule has 0 saturated heterocycles. The Morgan fingerprint density at radius 2 is 1.47 bits per heavy atom. The largest absolute Gasteiger partial charge is 0.481 e. The highest BCUT2D eigenvalue weighted by Gasteiger charge is 2.00. The summed E-state index contributed by atoms with van der Waals surface area (Å²) in [6.07, 6.45) is 0.855. The van der Waals surface area contributed by atoms with Crippen LogP contribution in [0.25, 0.3) is 0 Å². The minimum atomic E-state index is -1.08. The molecule has 0 amide bonds. The molecule has 0 heterocycles. The van der Waals surface area contributed by atoms with Gasteiger partial charge in [-0.25, -0.2) is 0 Å². The van der Waals surface area contributed by atoms with Crippen LogP contribution in [0.5, 0.6) is 0 Å². The highest BCUT2D eigenvalue weighted by molar-refractivity contribution is 5.75. The molecule has 0 aliphatic heterocycles. The van der Waals surface area contributed by atoms with Gasteiger partial charge in [-0.15, -0.1) is 0 Å². The Labute approximate surface area is 99.0 Å². The number of esters is 1. The molecule has 0 saturated carbocycles. The highest BCUT2D eigenvalue weighted by atomic mass is 16.5. The number of unbranched alkanes of at least 4 members (excludes halogenated alkanes) is 1. The molecule has 100 valence electrons. The fourth-order valence-corrected chi connectivity index (χ4v) is 0.644. The van der Waals surface area contributed by atoms with Crippen LogP contribution in [0, 0.1) is 0 Å². The zero-order chi connectivity index (χ0) is 13.7. The first-order valence-corrected chi connectivity index (χ1v) is 5.08. The lowest BCUT2D eigenvalue weighted by molar-refractivity contribution is -0.143. The van der Waals surface area contributed by atoms with Gasteiger partial charge in [-0.3, -0.25) is 14.4 Å². The van der Waals surface area contributed by atoms with E-state index < -0.39 is 11.9 Å². The Morgan fingerprint density at radius 1 is 1.00 bits per heavy atom. The van der Waals surface area contributed by atoms with E-state index in [-0.39, 0.29) is 25.4 Å². The summed E-state index contributed by atoms with van der Waals surface area (Å²) in [7, 11) is 0. The predicted molar refractivity (Wildman–Crippen MR) is 57.5 cm³/mol. The van der Waals surface area contributed by atoms with Crippen molar-refractivity contribution in [2.24, 2.45) is 0 Å². The maximum atomic E-state index is 10.1. The third-order valence-corrected chi connectivity index (χ3v) is 1.41. The van der Waals surface area contributed by atoms with Crippen LogP contribution in [0.4, 0.5) is 0 Å². The van der Waals surface area contributed by atoms with Crippen molar-refractivity contribution < 1.29 is 34.4 Å². The SMILES string of the molecule is CC(=O)OCCCCO.O=C(O)CCC(=O)O. The van der Waals surface area contributed by atoms with Gasteiger partial charge in [0.25, 0.3) is 0 Å². The lowest BCUT2D eigenvalue weighted by atomic mass is 10.3. The molecule has 0 aromatic heterocycles. The number of aliphatic hydroxyl groups excluding tert-OH is 1. The molecule has 0 aromatic carbocycles. The smallest absolute Gasteiger partial charge is 0.303 e. The van der Waals surface area contributed by atoms with Crippen LogP contribution in [-0.4, -0.2) is 46.4 Å². The fraction of sp³-hybridized carbons (Fsp3) is 0.700. The van der Waals surface area contributed by atoms with E-state index in [1.54, 1.807) is 0 Å². The van der Waals surface area contributed by atoms with Gasteiger partial charge in [0.2, 0.25) is 0 Å². The molecule has 0 bridgehead atoms. The molecule has 0 aliphatic carbocycles. The summed E-state index contributed by atoms with van der Waals surface area (Å²) in [6.45, 7) is 1.97. The van der Waals surface area contributed by atoms with Crippen molar-refractivity contribution in [3.05, 3.63) is 0 Å². The van der Waals surface area contributed by atoms with E-state index in [1.807, 2.05) is 0 Å². The molecule has 0 atom stereocenters. The molecule has 0 rings (SSSR count). The Balaban J connectivity index is 0. The third-order valence-electron chi connectivity index (χ3n) is 1.41. The molecule has 3 N–H and O–H groups in total. The Hall–Kier alpha value is -1.63. The van der Waals surface area contributed by atoms with E-state index >= 15 is 0 Å². The number of carboxylic acids is 2. The van der Waals surface area contributed by atoms with Crippen molar-refractivity contribution in [1.29, 1.82) is 0 Å². The van der Waals surface area contributed by atoms with Crippen LogP contribution < -0.4 is 0 Å². The first-order valence-electron chi connectivity index (χ1n) is 5.08. The number of carbonyl (C=O) groups excluding carboxylic acids is 1. The number of aliphatic hydroxyl groups is 1. The van der Waals surface area contributed by atoms with Crippen molar-refractivity contribution in [2.45, 2.75) is 32.6 Å². The van der Waals surface area contributed by atoms with Crippen LogP contribution in [0.3, 0.4) is 0 Å². The van der Waals surface area contributed by atoms with Crippen LogP contribution in [0.2, 0.25) is 0 Å². The van der Waals surface area contributed by atoms with Crippen molar-refractivity contribution >= 4 is 17.9 Å². The minimum Gasteiger partial charge on any atom is -0.481 e. The highest BCUT2D eigenvalue weighted by Crippen LogP contribution is 1.88. The normalized spacial score (nSPS) is 8.82. The number of carbonyl (C=O) groups is 3. The van der Waals surface area contributed by atoms with E-state index in [9.17, 15) is 14.4 Å². The van der Waals surface area contributed by atoms with E-state index in [1.165, 1.54) is 6.92 Å². The monoisotopic (exact) mass is 250 g/mol. The average molecular weight is 250 g/mol. The Morgan fingerprint density at radius 3 is 1.76 bits per heavy atom. The van der Waals surface area contributed by atoms with Gasteiger partial charge in [0, 0.05) is 13.5 Å². The summed E-state index contributed by atoms with van der Waals surface area (Å²) in [5.74, 6) is -2.41. The number of hydrogen-bond donors (Lipinski definition) is 3. The lowest BCUT2D eigenvalue weighted by Crippen LogP contribution is -2.00. The van der Waals surface area contributed by atoms with Crippen LogP contribution in [0.1, 0.15) is 32.6 Å². The molecule has 7 heteroatoms. The molecule has 0 fully saturated rings. The van der Waals surface area contributed by atoms with Crippen molar-refractivity contribution in [3.63, 3.8) is 0 Å². The lowest BCUT2D eigenvalue weighted by Gasteiger charge is -1.97. The molecular weight excluding hydrogens is 232 g/mol. The minimum absolute atomic E-state index is 0.168. The molecule has 0 radical (unpaired) electrons. The van der Waals surface area contributed by atoms with Gasteiger partial charge in [0.1, 0.15) is 0 Å². The van der Waals surface area contributed by atoms with E-state index in [2.05, 4.69) is 4.74 Å². The first kappa shape index (κ1) is 17.8. The molecule has 0 spiro atoms. The van der Waals surface area contributed by atoms with Gasteiger partial charge in [0.05, 0.1) is 19.4 Å². The van der Waals surface area contributed by atoms with Crippen molar-refractivity contribution in [3.8, 4) is 0 Å². The molecule has 7 nitrogen and oxygen atoms in total. The summed E-state index contributed by atoms with van der Waals surface area (Å²) < 4.78 is 4.59. The van der Waals surface area contributed by atoms with Gasteiger partial charge in [0.15, 0.2) is 0 Å². The Kier molecular flexibility index (Phi) is 13.0. The summed E-state index contributed by atoms with van der Waals surface area (Å²) in [5, 5.41) is 24.1. The maximum Gasteiger partial charge on any atom is 0.303 e. The van der Waals surface area contributed by atoms with Crippen LogP contribution in [0.15, 0.2) is 0 Å². The van der Waals surface area contributed by atoms with Crippen molar-refractivity contribution in [2.75, 3.05) is 13.2 Å². The van der Waals surface area contributed by atoms with Gasteiger partial charge < -0.3 is 20.1 Å². The fourth-order valence-electron chi connectivity index (χ4n) is 0.644. The molecule has 0 unspecified atom stereocenters. The van der Waals surface area contributed by atoms with Gasteiger partial charge >= 0.3 is 17.9 Å². The number of carboxylic acid groups (broad SMARTS) is 2. The summed E-state index contributed by atoms with van der Waals surface area (Å²) in [4.78, 5) is 29.4. The molecule has 0 aliphatic rings. The van der Waals surface area contributed by atoms with Crippen LogP contribution in [-0.2, 0) is 19.1 Å². The third kappa shape index (κ3) is 25.0. The summed E-state index contributed by atoms with van der Waals surface area (Å²) in [6, 6.07) is 0. The molecular formula is C10H18O7. The second kappa shape index (κ2) is 12.4. The quantitative estimate of drug-likeness (QED) is 0.437.